The van der Waals surface area contributed by atoms with Crippen LogP contribution in [0.2, 0.25) is 0 Å². The van der Waals surface area contributed by atoms with E-state index in [1.165, 1.54) is 4.90 Å². The first-order valence-electron chi connectivity index (χ1n) is 7.26. The molecule has 114 valence electrons. The quantitative estimate of drug-likeness (QED) is 0.646. The molecule has 1 aliphatic heterocycles. The minimum absolute atomic E-state index is 0.163. The number of nitrogens with two attached hydrogens (primary N) is 1. The maximum absolute atomic E-state index is 12.2. The van der Waals surface area contributed by atoms with E-state index in [1.807, 2.05) is 30.5 Å². The molecule has 5 heteroatoms. The van der Waals surface area contributed by atoms with Crippen molar-refractivity contribution in [1.82, 2.24) is 4.90 Å². The third kappa shape index (κ3) is 4.86. The molecule has 2 N–H and O–H groups in total. The Morgan fingerprint density at radius 2 is 1.86 bits per heavy atom. The Kier molecular flexibility index (Phi) is 5.82. The normalized spacial score (nSPS) is 16.8. The van der Waals surface area contributed by atoms with Crippen molar-refractivity contribution in [2.45, 2.75) is 24.2 Å². The predicted molar refractivity (Wildman–Crippen MR) is 85.5 cm³/mol. The molecule has 1 aromatic rings. The zero-order valence-corrected chi connectivity index (χ0v) is 13.2. The molecule has 1 heterocycles. The Morgan fingerprint density at radius 1 is 1.24 bits per heavy atom. The molecular formula is C16H22N2O2S. The van der Waals surface area contributed by atoms with E-state index >= 15 is 0 Å². The summed E-state index contributed by atoms with van der Waals surface area (Å²) in [6.07, 6.45) is 4.38. The van der Waals surface area contributed by atoms with Crippen LogP contribution in [0, 0.1) is 5.92 Å². The number of piperidine rings is 1. The van der Waals surface area contributed by atoms with E-state index in [2.05, 4.69) is 4.90 Å². The summed E-state index contributed by atoms with van der Waals surface area (Å²) in [5.41, 5.74) is 6.00. The van der Waals surface area contributed by atoms with Gasteiger partial charge in [-0.1, -0.05) is 12.1 Å². The van der Waals surface area contributed by atoms with E-state index in [-0.39, 0.29) is 11.7 Å². The fraction of sp³-hybridized carbons (Fsp3) is 0.500. The molecule has 4 nitrogen and oxygen atoms in total. The summed E-state index contributed by atoms with van der Waals surface area (Å²) in [6.45, 7) is 2.20. The highest BCUT2D eigenvalue weighted by Crippen LogP contribution is 2.21. The minimum atomic E-state index is -0.224. The van der Waals surface area contributed by atoms with Crippen LogP contribution >= 0.6 is 11.8 Å². The first-order chi connectivity index (χ1) is 10.1. The zero-order chi connectivity index (χ0) is 15.2. The lowest BCUT2D eigenvalue weighted by molar-refractivity contribution is -0.119. The van der Waals surface area contributed by atoms with Gasteiger partial charge in [0.05, 0.1) is 6.54 Å². The molecule has 0 spiro atoms. The number of Topliss-reactive ketones (excluding diaryl/α,β-unsaturated/α-hetero) is 1. The van der Waals surface area contributed by atoms with E-state index in [9.17, 15) is 9.59 Å². The van der Waals surface area contributed by atoms with Crippen molar-refractivity contribution < 1.29 is 9.59 Å². The van der Waals surface area contributed by atoms with Crippen molar-refractivity contribution in [3.05, 3.63) is 29.8 Å². The molecule has 0 bridgehead atoms. The van der Waals surface area contributed by atoms with Crippen molar-refractivity contribution in [1.29, 1.82) is 0 Å². The number of carbonyl (C=O) groups is 2. The lowest BCUT2D eigenvalue weighted by atomic mass is 9.93. The van der Waals surface area contributed by atoms with Crippen molar-refractivity contribution in [3.63, 3.8) is 0 Å². The van der Waals surface area contributed by atoms with Crippen LogP contribution in [0.1, 0.15) is 29.6 Å². The second-order valence-corrected chi connectivity index (χ2v) is 6.42. The molecule has 1 aromatic carbocycles. The predicted octanol–water partition coefficient (Wildman–Crippen LogP) is 2.18. The smallest absolute Gasteiger partial charge is 0.217 e. The largest absolute Gasteiger partial charge is 0.370 e. The Balaban J connectivity index is 1.82. The summed E-state index contributed by atoms with van der Waals surface area (Å²) in [4.78, 5) is 26.5. The van der Waals surface area contributed by atoms with Crippen LogP contribution in [0.4, 0.5) is 0 Å². The molecule has 1 aliphatic rings. The number of ketones is 1. The number of benzene rings is 1. The Hall–Kier alpha value is -1.33. The molecule has 0 radical (unpaired) electrons. The fourth-order valence-corrected chi connectivity index (χ4v) is 3.11. The first-order valence-corrected chi connectivity index (χ1v) is 8.49. The van der Waals surface area contributed by atoms with Crippen LogP contribution in [0.25, 0.3) is 0 Å². The number of primary amides is 1. The van der Waals surface area contributed by atoms with E-state index < -0.39 is 0 Å². The van der Waals surface area contributed by atoms with Gasteiger partial charge in [-0.15, -0.1) is 11.8 Å². The molecule has 21 heavy (non-hydrogen) atoms. The number of nitrogens with zero attached hydrogens (tertiary/aromatic N) is 1. The minimum Gasteiger partial charge on any atom is -0.370 e. The number of thioether (sulfide) groups is 1. The molecule has 0 aromatic heterocycles. The van der Waals surface area contributed by atoms with Gasteiger partial charge in [0, 0.05) is 16.9 Å². The summed E-state index contributed by atoms with van der Waals surface area (Å²) in [6, 6.07) is 7.76. The average molecular weight is 306 g/mol. The Labute approximate surface area is 130 Å². The number of likely N-dealkylation sites (tertiary alicyclic amines) is 1. The average Bonchev–Trinajstić information content (AvgIpc) is 2.49. The molecule has 0 unspecified atom stereocenters. The van der Waals surface area contributed by atoms with Crippen LogP contribution in [-0.2, 0) is 4.79 Å². The molecule has 0 aliphatic carbocycles. The summed E-state index contributed by atoms with van der Waals surface area (Å²) < 4.78 is 0. The Morgan fingerprint density at radius 3 is 2.38 bits per heavy atom. The first kappa shape index (κ1) is 16.0. The van der Waals surface area contributed by atoms with E-state index in [0.29, 0.717) is 18.9 Å². The van der Waals surface area contributed by atoms with Gasteiger partial charge in [0.15, 0.2) is 5.78 Å². The Bertz CT molecular complexity index is 494. The number of carbonyl (C=O) groups excluding carboxylic acids is 2. The van der Waals surface area contributed by atoms with Crippen LogP contribution in [-0.4, -0.2) is 42.5 Å². The van der Waals surface area contributed by atoms with Gasteiger partial charge in [-0.3, -0.25) is 14.5 Å². The van der Waals surface area contributed by atoms with Gasteiger partial charge >= 0.3 is 0 Å². The number of hydrogen-bond acceptors (Lipinski definition) is 4. The molecule has 1 amide bonds. The molecule has 1 fully saturated rings. The molecule has 0 saturated carbocycles. The van der Waals surface area contributed by atoms with Crippen molar-refractivity contribution in [2.24, 2.45) is 11.7 Å². The summed E-state index contributed by atoms with van der Waals surface area (Å²) >= 11 is 1.67. The monoisotopic (exact) mass is 306 g/mol. The number of rotatable bonds is 6. The third-order valence-corrected chi connectivity index (χ3v) is 4.72. The van der Waals surface area contributed by atoms with Gasteiger partial charge in [0.1, 0.15) is 0 Å². The van der Waals surface area contributed by atoms with Gasteiger partial charge < -0.3 is 5.73 Å². The highest BCUT2D eigenvalue weighted by Gasteiger charge is 2.22. The van der Waals surface area contributed by atoms with Crippen LogP contribution in [0.15, 0.2) is 29.2 Å². The maximum Gasteiger partial charge on any atom is 0.217 e. The van der Waals surface area contributed by atoms with Gasteiger partial charge in [0.2, 0.25) is 5.91 Å². The number of hydrogen-bond donors (Lipinski definition) is 1. The van der Waals surface area contributed by atoms with E-state index in [0.717, 1.165) is 31.5 Å². The van der Waals surface area contributed by atoms with Crippen molar-refractivity contribution >= 4 is 23.5 Å². The summed E-state index contributed by atoms with van der Waals surface area (Å²) in [5, 5.41) is 0. The van der Waals surface area contributed by atoms with E-state index in [1.54, 1.807) is 11.8 Å². The topological polar surface area (TPSA) is 63.4 Å². The second-order valence-electron chi connectivity index (χ2n) is 5.54. The molecular weight excluding hydrogens is 284 g/mol. The van der Waals surface area contributed by atoms with Gasteiger partial charge in [-0.05, 0) is 50.2 Å². The fourth-order valence-electron chi connectivity index (χ4n) is 2.70. The van der Waals surface area contributed by atoms with Gasteiger partial charge in [-0.2, -0.15) is 0 Å². The summed E-state index contributed by atoms with van der Waals surface area (Å²) in [7, 11) is 0. The highest BCUT2D eigenvalue weighted by molar-refractivity contribution is 7.98. The van der Waals surface area contributed by atoms with Crippen LogP contribution in [0.3, 0.4) is 0 Å². The lowest BCUT2D eigenvalue weighted by Crippen LogP contribution is -2.38. The standard InChI is InChI=1S/C16H22N2O2S/c1-21-14-4-2-13(3-5-14)15(19)11-18-8-6-12(7-9-18)10-16(17)20/h2-5,12H,6-11H2,1H3,(H2,17,20). The maximum atomic E-state index is 12.2. The van der Waals surface area contributed by atoms with Crippen LogP contribution in [0.5, 0.6) is 0 Å². The third-order valence-electron chi connectivity index (χ3n) is 3.98. The van der Waals surface area contributed by atoms with Crippen molar-refractivity contribution in [2.75, 3.05) is 25.9 Å². The van der Waals surface area contributed by atoms with Crippen LogP contribution < -0.4 is 5.73 Å². The summed E-state index contributed by atoms with van der Waals surface area (Å²) in [5.74, 6) is 0.323. The SMILES string of the molecule is CSc1ccc(C(=O)CN2CCC(CC(N)=O)CC2)cc1. The molecule has 2 rings (SSSR count). The van der Waals surface area contributed by atoms with Gasteiger partial charge in [-0.25, -0.2) is 0 Å². The van der Waals surface area contributed by atoms with Crippen molar-refractivity contribution in [3.8, 4) is 0 Å². The zero-order valence-electron chi connectivity index (χ0n) is 12.4. The highest BCUT2D eigenvalue weighted by atomic mass is 32.2. The molecule has 0 atom stereocenters. The van der Waals surface area contributed by atoms with Gasteiger partial charge in [0.25, 0.3) is 0 Å². The van der Waals surface area contributed by atoms with E-state index in [4.69, 9.17) is 5.73 Å². The second kappa shape index (κ2) is 7.61. The lowest BCUT2D eigenvalue weighted by Gasteiger charge is -2.30. The number of amides is 1. The molecule has 1 saturated heterocycles.